The van der Waals surface area contributed by atoms with E-state index in [9.17, 15) is 19.5 Å². The zero-order valence-corrected chi connectivity index (χ0v) is 22.3. The van der Waals surface area contributed by atoms with Gasteiger partial charge in [0.2, 0.25) is 5.91 Å². The number of amides is 2. The van der Waals surface area contributed by atoms with Crippen molar-refractivity contribution in [1.82, 2.24) is 0 Å². The van der Waals surface area contributed by atoms with Gasteiger partial charge in [-0.05, 0) is 75.5 Å². The van der Waals surface area contributed by atoms with E-state index in [0.29, 0.717) is 27.8 Å². The molecule has 37 heavy (non-hydrogen) atoms. The summed E-state index contributed by atoms with van der Waals surface area (Å²) in [5.41, 5.74) is 4.11. The molecule has 2 saturated carbocycles. The Morgan fingerprint density at radius 1 is 1.00 bits per heavy atom. The van der Waals surface area contributed by atoms with Gasteiger partial charge in [0, 0.05) is 10.9 Å². The Morgan fingerprint density at radius 3 is 2.38 bits per heavy atom. The van der Waals surface area contributed by atoms with Crippen LogP contribution in [0.25, 0.3) is 0 Å². The van der Waals surface area contributed by atoms with Crippen LogP contribution >= 0.6 is 11.3 Å². The molecule has 1 aromatic heterocycles. The van der Waals surface area contributed by atoms with E-state index in [-0.39, 0.29) is 23.7 Å². The summed E-state index contributed by atoms with van der Waals surface area (Å²) in [5.74, 6) is -2.07. The average Bonchev–Trinajstić information content (AvgIpc) is 3.62. The van der Waals surface area contributed by atoms with Crippen LogP contribution in [-0.4, -0.2) is 37.1 Å². The largest absolute Gasteiger partial charge is 0.497 e. The number of fused-ring (bicyclic) bond motifs is 3. The highest BCUT2D eigenvalue weighted by Gasteiger charge is 2.57. The molecular formula is C28H32N2O6S. The number of nitrogens with one attached hydrogen (secondary N) is 2. The minimum atomic E-state index is -0.928. The molecule has 2 bridgehead atoms. The van der Waals surface area contributed by atoms with Gasteiger partial charge in [-0.3, -0.25) is 14.4 Å². The van der Waals surface area contributed by atoms with E-state index >= 15 is 0 Å². The number of allylic oxidation sites excluding steroid dienone is 2. The molecule has 2 amide bonds. The number of rotatable bonds is 7. The van der Waals surface area contributed by atoms with Gasteiger partial charge in [-0.15, -0.1) is 11.3 Å². The summed E-state index contributed by atoms with van der Waals surface area (Å²) in [6.45, 7) is 4.00. The third-order valence-corrected chi connectivity index (χ3v) is 9.25. The Balaban J connectivity index is 1.46. The molecule has 1 heterocycles. The summed E-state index contributed by atoms with van der Waals surface area (Å²) in [4.78, 5) is 40.6. The molecule has 196 valence electrons. The Labute approximate surface area is 220 Å². The molecule has 5 rings (SSSR count). The number of hydrogen-bond donors (Lipinski definition) is 3. The van der Waals surface area contributed by atoms with Crippen LogP contribution in [0.2, 0.25) is 0 Å². The predicted molar refractivity (Wildman–Crippen MR) is 142 cm³/mol. The number of carboxylic acids is 1. The molecular weight excluding hydrogens is 492 g/mol. The fourth-order valence-corrected chi connectivity index (χ4v) is 7.92. The predicted octanol–water partition coefficient (Wildman–Crippen LogP) is 5.14. The van der Waals surface area contributed by atoms with Gasteiger partial charge in [0.1, 0.15) is 16.5 Å². The van der Waals surface area contributed by atoms with Gasteiger partial charge in [0.15, 0.2) is 0 Å². The van der Waals surface area contributed by atoms with Crippen molar-refractivity contribution in [3.05, 3.63) is 45.3 Å². The molecule has 3 aliphatic rings. The fraction of sp³-hybridized carbons (Fsp3) is 0.464. The third-order valence-electron chi connectivity index (χ3n) is 8.05. The monoisotopic (exact) mass is 524 g/mol. The van der Waals surface area contributed by atoms with Gasteiger partial charge in [-0.25, -0.2) is 0 Å². The average molecular weight is 525 g/mol. The zero-order valence-electron chi connectivity index (χ0n) is 21.5. The molecule has 1 aromatic carbocycles. The van der Waals surface area contributed by atoms with Crippen molar-refractivity contribution in [2.24, 2.45) is 23.7 Å². The second-order valence-corrected chi connectivity index (χ2v) is 11.3. The van der Waals surface area contributed by atoms with Crippen molar-refractivity contribution in [3.63, 3.8) is 0 Å². The summed E-state index contributed by atoms with van der Waals surface area (Å²) in [7, 11) is 3.08. The van der Waals surface area contributed by atoms with Crippen molar-refractivity contribution < 1.29 is 29.0 Å². The number of benzene rings is 1. The first-order valence-corrected chi connectivity index (χ1v) is 13.5. The molecule has 2 fully saturated rings. The number of aliphatic carboxylic acids is 1. The highest BCUT2D eigenvalue weighted by Crippen LogP contribution is 2.57. The number of anilines is 2. The fourth-order valence-electron chi connectivity index (χ4n) is 6.63. The molecule has 2 aromatic rings. The normalized spacial score (nSPS) is 23.5. The van der Waals surface area contributed by atoms with Gasteiger partial charge in [-0.1, -0.05) is 11.1 Å². The lowest BCUT2D eigenvalue weighted by Gasteiger charge is -2.26. The second-order valence-electron chi connectivity index (χ2n) is 10.2. The molecule has 0 saturated heterocycles. The van der Waals surface area contributed by atoms with Crippen LogP contribution in [0.15, 0.2) is 29.3 Å². The molecule has 0 unspecified atom stereocenters. The molecule has 0 spiro atoms. The summed E-state index contributed by atoms with van der Waals surface area (Å²) >= 11 is 1.42. The van der Waals surface area contributed by atoms with Crippen molar-refractivity contribution >= 4 is 39.8 Å². The van der Waals surface area contributed by atoms with Gasteiger partial charge < -0.3 is 25.2 Å². The zero-order chi connectivity index (χ0) is 26.4. The smallest absolute Gasteiger partial charge is 0.307 e. The van der Waals surface area contributed by atoms with Crippen molar-refractivity contribution in [1.29, 1.82) is 0 Å². The van der Waals surface area contributed by atoms with Crippen LogP contribution < -0.4 is 20.1 Å². The first kappa shape index (κ1) is 25.3. The molecule has 3 N–H and O–H groups in total. The van der Waals surface area contributed by atoms with Gasteiger partial charge >= 0.3 is 5.97 Å². The number of carbonyl (C=O) groups is 3. The highest BCUT2D eigenvalue weighted by molar-refractivity contribution is 7.17. The molecule has 0 radical (unpaired) electrons. The number of aryl methyl sites for hydroxylation is 1. The van der Waals surface area contributed by atoms with E-state index in [4.69, 9.17) is 9.47 Å². The van der Waals surface area contributed by atoms with E-state index < -0.39 is 17.8 Å². The Morgan fingerprint density at radius 2 is 1.73 bits per heavy atom. The van der Waals surface area contributed by atoms with E-state index in [1.54, 1.807) is 25.3 Å². The molecule has 8 nitrogen and oxygen atoms in total. The number of carboxylic acid groups (broad SMARTS) is 1. The lowest BCUT2D eigenvalue weighted by molar-refractivity contribution is -0.148. The Kier molecular flexibility index (Phi) is 6.74. The van der Waals surface area contributed by atoms with Crippen molar-refractivity contribution in [2.75, 3.05) is 24.9 Å². The van der Waals surface area contributed by atoms with E-state index in [1.807, 2.05) is 13.8 Å². The van der Waals surface area contributed by atoms with Crippen molar-refractivity contribution in [2.45, 2.75) is 46.0 Å². The van der Waals surface area contributed by atoms with Crippen LogP contribution in [0.4, 0.5) is 10.7 Å². The first-order valence-electron chi connectivity index (χ1n) is 12.6. The number of carbonyl (C=O) groups excluding carboxylic acids is 2. The summed E-state index contributed by atoms with van der Waals surface area (Å²) in [6.07, 6.45) is 4.18. The van der Waals surface area contributed by atoms with E-state index in [2.05, 4.69) is 10.6 Å². The van der Waals surface area contributed by atoms with Crippen LogP contribution in [-0.2, 0) is 22.4 Å². The number of hydrogen-bond acceptors (Lipinski definition) is 6. The number of ether oxygens (including phenoxy) is 2. The van der Waals surface area contributed by atoms with Gasteiger partial charge in [0.05, 0.1) is 37.3 Å². The van der Waals surface area contributed by atoms with Gasteiger partial charge in [0.25, 0.3) is 5.91 Å². The van der Waals surface area contributed by atoms with E-state index in [0.717, 1.165) is 53.7 Å². The lowest BCUT2D eigenvalue weighted by Crippen LogP contribution is -2.38. The van der Waals surface area contributed by atoms with Crippen LogP contribution in [0, 0.1) is 23.7 Å². The summed E-state index contributed by atoms with van der Waals surface area (Å²) < 4.78 is 10.7. The van der Waals surface area contributed by atoms with Gasteiger partial charge in [-0.2, -0.15) is 0 Å². The number of thiophene rings is 1. The molecule has 3 aliphatic carbocycles. The summed E-state index contributed by atoms with van der Waals surface area (Å²) in [6, 6.07) is 5.16. The quantitative estimate of drug-likeness (QED) is 0.432. The molecule has 4 atom stereocenters. The lowest BCUT2D eigenvalue weighted by atomic mass is 9.79. The van der Waals surface area contributed by atoms with Crippen LogP contribution in [0.5, 0.6) is 11.5 Å². The van der Waals surface area contributed by atoms with E-state index in [1.165, 1.54) is 18.4 Å². The van der Waals surface area contributed by atoms with Crippen molar-refractivity contribution in [3.8, 4) is 11.5 Å². The molecule has 0 aliphatic heterocycles. The topological polar surface area (TPSA) is 114 Å². The Bertz CT molecular complexity index is 1310. The third kappa shape index (κ3) is 4.29. The first-order chi connectivity index (χ1) is 17.7. The van der Waals surface area contributed by atoms with Crippen LogP contribution in [0.1, 0.15) is 53.9 Å². The minimum Gasteiger partial charge on any atom is -0.497 e. The highest BCUT2D eigenvalue weighted by atomic mass is 32.1. The summed E-state index contributed by atoms with van der Waals surface area (Å²) in [5, 5.41) is 16.5. The maximum Gasteiger partial charge on any atom is 0.307 e. The minimum absolute atomic E-state index is 0.0683. The van der Waals surface area contributed by atoms with Crippen LogP contribution in [0.3, 0.4) is 0 Å². The maximum absolute atomic E-state index is 13.7. The SMILES string of the molecule is COc1ccc(OC)c(NC(=O)c2c(NC(=O)[C@H]3[C@@H](C(=O)O)[C@H]4CC[C@H]3C4=C(C)C)sc3c2CCC3)c1. The number of methoxy groups -OCH3 is 2. The maximum atomic E-state index is 13.7. The molecule has 9 heteroatoms. The Hall–Kier alpha value is -3.33. The standard InChI is InChI=1S/C28H32N2O6S/c1-13(2)21-16-9-10-17(21)23(28(33)34)22(16)25(31)30-27-24(15-6-5-7-20(15)37-27)26(32)29-18-12-14(35-3)8-11-19(18)36-4/h8,11-12,16-17,22-23H,5-7,9-10H2,1-4H3,(H,29,32)(H,30,31)(H,33,34)/t16-,17-,22+,23-/m0/s1. The second kappa shape index (κ2) is 9.85.